The largest absolute Gasteiger partial charge is 0.355 e. The molecule has 1 amide bonds. The Kier molecular flexibility index (Phi) is 6.09. The summed E-state index contributed by atoms with van der Waals surface area (Å²) in [6.45, 7) is 0.643. The van der Waals surface area contributed by atoms with Crippen LogP contribution in [0, 0.1) is 0 Å². The Hall–Kier alpha value is -3.12. The zero-order valence-corrected chi connectivity index (χ0v) is 18.1. The summed E-state index contributed by atoms with van der Waals surface area (Å²) < 4.78 is 27.5. The number of anilines is 1. The van der Waals surface area contributed by atoms with Crippen molar-refractivity contribution in [3.8, 4) is 0 Å². The van der Waals surface area contributed by atoms with E-state index in [1.165, 1.54) is 5.56 Å². The number of rotatable bonds is 9. The number of nitrogens with one attached hydrogen (secondary N) is 2. The van der Waals surface area contributed by atoms with Crippen molar-refractivity contribution in [3.05, 3.63) is 96.1 Å². The molecule has 6 heteroatoms. The fraction of sp³-hybridized carbons (Fsp3) is 0.240. The van der Waals surface area contributed by atoms with Gasteiger partial charge in [-0.1, -0.05) is 60.7 Å². The number of carbonyl (C=O) groups excluding carboxylic acids is 1. The van der Waals surface area contributed by atoms with E-state index in [2.05, 4.69) is 22.2 Å². The maximum atomic E-state index is 12.8. The quantitative estimate of drug-likeness (QED) is 0.494. The first-order chi connectivity index (χ1) is 15.0. The zero-order valence-electron chi connectivity index (χ0n) is 17.3. The molecule has 1 aliphatic rings. The first-order valence-corrected chi connectivity index (χ1v) is 12.0. The van der Waals surface area contributed by atoms with Crippen molar-refractivity contribution >= 4 is 21.6 Å². The van der Waals surface area contributed by atoms with Crippen molar-refractivity contribution in [2.45, 2.75) is 36.0 Å². The van der Waals surface area contributed by atoms with Crippen LogP contribution in [0.5, 0.6) is 0 Å². The van der Waals surface area contributed by atoms with Gasteiger partial charge in [-0.25, -0.2) is 8.42 Å². The van der Waals surface area contributed by atoms with Gasteiger partial charge in [-0.05, 0) is 61.1 Å². The summed E-state index contributed by atoms with van der Waals surface area (Å²) in [7, 11) is -3.63. The Morgan fingerprint density at radius 3 is 2.06 bits per heavy atom. The lowest BCUT2D eigenvalue weighted by atomic mass is 9.94. The molecule has 5 nitrogen and oxygen atoms in total. The van der Waals surface area contributed by atoms with Crippen LogP contribution in [-0.4, -0.2) is 20.9 Å². The lowest BCUT2D eigenvalue weighted by Gasteiger charge is -2.17. The van der Waals surface area contributed by atoms with Gasteiger partial charge in [-0.3, -0.25) is 9.52 Å². The Morgan fingerprint density at radius 2 is 1.45 bits per heavy atom. The maximum Gasteiger partial charge on any atom is 0.261 e. The Morgan fingerprint density at radius 1 is 0.839 bits per heavy atom. The SMILES string of the molecule is O=C(NCCCc1ccccc1)C1(c2ccc(NS(=O)(=O)c3ccccc3)cc2)CC1. The Bertz CT molecular complexity index is 1120. The van der Waals surface area contributed by atoms with Gasteiger partial charge in [0.25, 0.3) is 10.0 Å². The summed E-state index contributed by atoms with van der Waals surface area (Å²) in [5, 5.41) is 3.08. The minimum absolute atomic E-state index is 0.0539. The van der Waals surface area contributed by atoms with E-state index in [9.17, 15) is 13.2 Å². The van der Waals surface area contributed by atoms with Gasteiger partial charge in [0.2, 0.25) is 5.91 Å². The fourth-order valence-electron chi connectivity index (χ4n) is 3.75. The van der Waals surface area contributed by atoms with Crippen LogP contribution in [0.1, 0.15) is 30.4 Å². The summed E-state index contributed by atoms with van der Waals surface area (Å²) in [6.07, 6.45) is 3.45. The highest BCUT2D eigenvalue weighted by molar-refractivity contribution is 7.92. The molecule has 0 radical (unpaired) electrons. The van der Waals surface area contributed by atoms with Gasteiger partial charge in [0.15, 0.2) is 0 Å². The van der Waals surface area contributed by atoms with Crippen LogP contribution in [0.2, 0.25) is 0 Å². The Labute approximate surface area is 183 Å². The highest BCUT2D eigenvalue weighted by Crippen LogP contribution is 2.48. The number of hydrogen-bond acceptors (Lipinski definition) is 3. The number of carbonyl (C=O) groups is 1. The van der Waals surface area contributed by atoms with Gasteiger partial charge >= 0.3 is 0 Å². The molecule has 0 aliphatic heterocycles. The number of benzene rings is 3. The third-order valence-corrected chi connectivity index (χ3v) is 7.10. The molecule has 3 aromatic carbocycles. The van der Waals surface area contributed by atoms with Gasteiger partial charge in [-0.15, -0.1) is 0 Å². The summed E-state index contributed by atoms with van der Waals surface area (Å²) in [6, 6.07) is 25.6. The molecule has 160 valence electrons. The molecule has 0 bridgehead atoms. The van der Waals surface area contributed by atoms with Gasteiger partial charge in [-0.2, -0.15) is 0 Å². The van der Waals surface area contributed by atoms with Crippen molar-refractivity contribution in [1.29, 1.82) is 0 Å². The molecule has 2 N–H and O–H groups in total. The monoisotopic (exact) mass is 434 g/mol. The molecule has 0 atom stereocenters. The average Bonchev–Trinajstić information content (AvgIpc) is 3.60. The normalized spacial score (nSPS) is 14.6. The van der Waals surface area contributed by atoms with Crippen molar-refractivity contribution in [2.24, 2.45) is 0 Å². The summed E-state index contributed by atoms with van der Waals surface area (Å²) >= 11 is 0. The number of amides is 1. The summed E-state index contributed by atoms with van der Waals surface area (Å²) in [5.41, 5.74) is 2.19. The second-order valence-corrected chi connectivity index (χ2v) is 9.61. The molecule has 3 aromatic rings. The van der Waals surface area contributed by atoms with Crippen molar-refractivity contribution < 1.29 is 13.2 Å². The molecule has 1 saturated carbocycles. The minimum atomic E-state index is -3.63. The molecule has 1 aliphatic carbocycles. The molecule has 1 fully saturated rings. The van der Waals surface area contributed by atoms with E-state index in [-0.39, 0.29) is 10.8 Å². The summed E-state index contributed by atoms with van der Waals surface area (Å²) in [5.74, 6) is 0.0539. The Balaban J connectivity index is 1.34. The van der Waals surface area contributed by atoms with E-state index >= 15 is 0 Å². The van der Waals surface area contributed by atoms with E-state index in [4.69, 9.17) is 0 Å². The van der Waals surface area contributed by atoms with Crippen LogP contribution < -0.4 is 10.0 Å². The molecule has 0 spiro atoms. The lowest BCUT2D eigenvalue weighted by Crippen LogP contribution is -2.35. The lowest BCUT2D eigenvalue weighted by molar-refractivity contribution is -0.123. The van der Waals surface area contributed by atoms with Gasteiger partial charge in [0.05, 0.1) is 10.3 Å². The standard InChI is InChI=1S/C25H26N2O3S/c28-24(26-19-7-10-20-8-3-1-4-9-20)25(17-18-25)21-13-15-22(16-14-21)27-31(29,30)23-11-5-2-6-12-23/h1-6,8-9,11-16,27H,7,10,17-19H2,(H,26,28). The van der Waals surface area contributed by atoms with Crippen LogP contribution >= 0.6 is 0 Å². The molecular weight excluding hydrogens is 408 g/mol. The van der Waals surface area contributed by atoms with Crippen molar-refractivity contribution in [3.63, 3.8) is 0 Å². The number of aryl methyl sites for hydroxylation is 1. The van der Waals surface area contributed by atoms with Crippen molar-refractivity contribution in [2.75, 3.05) is 11.3 Å². The molecule has 31 heavy (non-hydrogen) atoms. The molecule has 0 unspecified atom stereocenters. The van der Waals surface area contributed by atoms with Crippen LogP contribution in [0.15, 0.2) is 89.8 Å². The van der Waals surface area contributed by atoms with Crippen LogP contribution in [-0.2, 0) is 26.7 Å². The molecule has 0 saturated heterocycles. The van der Waals surface area contributed by atoms with E-state index in [0.29, 0.717) is 12.2 Å². The molecular formula is C25H26N2O3S. The number of hydrogen-bond donors (Lipinski definition) is 2. The highest BCUT2D eigenvalue weighted by Gasteiger charge is 2.50. The van der Waals surface area contributed by atoms with Crippen molar-refractivity contribution in [1.82, 2.24) is 5.32 Å². The average molecular weight is 435 g/mol. The molecule has 4 rings (SSSR count). The van der Waals surface area contributed by atoms with Gasteiger partial charge in [0.1, 0.15) is 0 Å². The topological polar surface area (TPSA) is 75.3 Å². The van der Waals surface area contributed by atoms with E-state index < -0.39 is 15.4 Å². The van der Waals surface area contributed by atoms with E-state index in [0.717, 1.165) is 31.2 Å². The fourth-order valence-corrected chi connectivity index (χ4v) is 4.83. The second-order valence-electron chi connectivity index (χ2n) is 7.92. The van der Waals surface area contributed by atoms with E-state index in [1.54, 1.807) is 42.5 Å². The molecule has 0 heterocycles. The zero-order chi connectivity index (χ0) is 21.7. The smallest absolute Gasteiger partial charge is 0.261 e. The minimum Gasteiger partial charge on any atom is -0.355 e. The van der Waals surface area contributed by atoms with E-state index in [1.807, 2.05) is 30.3 Å². The van der Waals surface area contributed by atoms with Crippen LogP contribution in [0.4, 0.5) is 5.69 Å². The van der Waals surface area contributed by atoms with Gasteiger partial charge < -0.3 is 5.32 Å². The maximum absolute atomic E-state index is 12.8. The third-order valence-electron chi connectivity index (χ3n) is 5.70. The second kappa shape index (κ2) is 8.94. The number of sulfonamides is 1. The van der Waals surface area contributed by atoms with Crippen LogP contribution in [0.3, 0.4) is 0 Å². The predicted molar refractivity (Wildman–Crippen MR) is 122 cm³/mol. The summed E-state index contributed by atoms with van der Waals surface area (Å²) in [4.78, 5) is 13.0. The molecule has 0 aromatic heterocycles. The third kappa shape index (κ3) is 4.97. The first kappa shape index (κ1) is 21.1. The first-order valence-electron chi connectivity index (χ1n) is 10.5. The van der Waals surface area contributed by atoms with Crippen LogP contribution in [0.25, 0.3) is 0 Å². The van der Waals surface area contributed by atoms with Gasteiger partial charge in [0, 0.05) is 12.2 Å². The highest BCUT2D eigenvalue weighted by atomic mass is 32.2. The predicted octanol–water partition coefficient (Wildman–Crippen LogP) is 4.27.